The van der Waals surface area contributed by atoms with Crippen molar-refractivity contribution in [1.82, 2.24) is 45.6 Å². The van der Waals surface area contributed by atoms with Gasteiger partial charge in [-0.25, -0.2) is 19.1 Å². The van der Waals surface area contributed by atoms with E-state index in [-0.39, 0.29) is 39.1 Å². The van der Waals surface area contributed by atoms with Crippen LogP contribution in [0.25, 0.3) is 16.9 Å². The molecule has 0 spiro atoms. The van der Waals surface area contributed by atoms with Gasteiger partial charge in [-0.1, -0.05) is 48.7 Å². The van der Waals surface area contributed by atoms with Crippen molar-refractivity contribution < 1.29 is 4.39 Å². The number of likely N-dealkylation sites (N-methyl/N-ethyl adjacent to an activating group) is 1. The summed E-state index contributed by atoms with van der Waals surface area (Å²) in [6.07, 6.45) is 8.01. The second-order valence-electron chi connectivity index (χ2n) is 12.6. The van der Waals surface area contributed by atoms with E-state index in [1.807, 2.05) is 0 Å². The smallest absolute Gasteiger partial charge is 0.254 e. The maximum Gasteiger partial charge on any atom is 0.254 e. The molecule has 6 atom stereocenters. The molecule has 4 unspecified atom stereocenters. The first-order valence-electron chi connectivity index (χ1n) is 15.3. The van der Waals surface area contributed by atoms with Crippen molar-refractivity contribution in [3.63, 3.8) is 0 Å². The lowest BCUT2D eigenvalue weighted by Gasteiger charge is -2.42. The highest BCUT2D eigenvalue weighted by Gasteiger charge is 2.42. The van der Waals surface area contributed by atoms with Gasteiger partial charge in [0.2, 0.25) is 0 Å². The third kappa shape index (κ3) is 6.25. The highest BCUT2D eigenvalue weighted by molar-refractivity contribution is 6.31. The zero-order valence-electron chi connectivity index (χ0n) is 24.8. The van der Waals surface area contributed by atoms with Crippen LogP contribution in [0, 0.1) is 23.6 Å². The third-order valence-electron chi connectivity index (χ3n) is 9.74. The van der Waals surface area contributed by atoms with Crippen LogP contribution in [0.4, 0.5) is 4.39 Å². The Morgan fingerprint density at radius 1 is 1.09 bits per heavy atom. The molecule has 6 rings (SSSR count). The summed E-state index contributed by atoms with van der Waals surface area (Å²) in [5.74, 6) is 0.896. The number of rotatable bonds is 4. The Morgan fingerprint density at radius 3 is 2.67 bits per heavy atom. The van der Waals surface area contributed by atoms with Gasteiger partial charge in [-0.3, -0.25) is 14.8 Å². The molecule has 0 radical (unpaired) electrons. The number of nitrogens with one attached hydrogen (secondary N) is 3. The zero-order valence-corrected chi connectivity index (χ0v) is 26.3. The van der Waals surface area contributed by atoms with Crippen molar-refractivity contribution in [2.24, 2.45) is 17.8 Å². The molecule has 3 N–H and O–H groups in total. The summed E-state index contributed by atoms with van der Waals surface area (Å²) in [7, 11) is 2.15. The van der Waals surface area contributed by atoms with Crippen molar-refractivity contribution in [3.05, 3.63) is 57.1 Å². The number of nitrogens with zero attached hydrogens (tertiary/aromatic N) is 6. The largest absolute Gasteiger partial charge is 0.312 e. The van der Waals surface area contributed by atoms with Crippen molar-refractivity contribution in [1.29, 1.82) is 0 Å². The van der Waals surface area contributed by atoms with Crippen LogP contribution < -0.4 is 21.6 Å². The maximum atomic E-state index is 15.5. The van der Waals surface area contributed by atoms with E-state index < -0.39 is 5.82 Å². The lowest BCUT2D eigenvalue weighted by atomic mass is 9.79. The minimum atomic E-state index is -0.685. The van der Waals surface area contributed by atoms with Crippen LogP contribution in [0.15, 0.2) is 35.5 Å². The van der Waals surface area contributed by atoms with E-state index in [1.165, 1.54) is 23.0 Å². The van der Waals surface area contributed by atoms with Gasteiger partial charge in [0.05, 0.1) is 40.5 Å². The Labute approximate surface area is 261 Å². The molecular weight excluding hydrogens is 592 g/mol. The fourth-order valence-corrected chi connectivity index (χ4v) is 7.67. The fraction of sp³-hybridized carbons (Fsp3) is 0.600. The summed E-state index contributed by atoms with van der Waals surface area (Å²) in [6, 6.07) is 5.25. The van der Waals surface area contributed by atoms with Crippen molar-refractivity contribution >= 4 is 23.2 Å². The summed E-state index contributed by atoms with van der Waals surface area (Å²) >= 11 is 12.2. The number of hydrogen-bond acceptors (Lipinski definition) is 8. The molecule has 0 aliphatic carbocycles. The van der Waals surface area contributed by atoms with Gasteiger partial charge in [0.15, 0.2) is 11.0 Å². The summed E-state index contributed by atoms with van der Waals surface area (Å²) in [5, 5.41) is 17.8. The number of aromatic nitrogens is 5. The molecule has 3 aromatic rings. The molecule has 3 fully saturated rings. The van der Waals surface area contributed by atoms with Gasteiger partial charge >= 0.3 is 0 Å². The number of halogens is 3. The fourth-order valence-electron chi connectivity index (χ4n) is 7.39. The van der Waals surface area contributed by atoms with Crippen LogP contribution in [0.3, 0.4) is 0 Å². The highest BCUT2D eigenvalue weighted by Crippen LogP contribution is 2.35. The van der Waals surface area contributed by atoms with Crippen LogP contribution in [0.5, 0.6) is 0 Å². The normalized spacial score (nSPS) is 28.8. The van der Waals surface area contributed by atoms with Crippen LogP contribution >= 0.6 is 23.2 Å². The molecule has 3 aliphatic heterocycles. The highest BCUT2D eigenvalue weighted by atomic mass is 35.5. The van der Waals surface area contributed by atoms with Gasteiger partial charge in [-0.05, 0) is 68.7 Å². The van der Waals surface area contributed by atoms with Crippen LogP contribution in [-0.4, -0.2) is 74.4 Å². The molecule has 3 saturated heterocycles. The number of hydrazine groups is 1. The van der Waals surface area contributed by atoms with Gasteiger partial charge in [0.1, 0.15) is 0 Å². The van der Waals surface area contributed by atoms with E-state index >= 15 is 4.39 Å². The third-order valence-corrected chi connectivity index (χ3v) is 10.2. The average Bonchev–Trinajstić information content (AvgIpc) is 3.58. The number of benzene rings is 1. The quantitative estimate of drug-likeness (QED) is 0.396. The molecule has 2 aromatic heterocycles. The molecule has 1 aromatic carbocycles. The first-order valence-corrected chi connectivity index (χ1v) is 16.0. The molecule has 43 heavy (non-hydrogen) atoms. The standard InChI is InChI=1S/C30H40Cl2FN9O/c1-17(2)19-5-4-6-24(21-11-18(9-10-34-21)30-23(35-13-19)14-37-40(30)3)41-16-36-22(12-27(41)43)28-25(8-7-20(31)29(28)33)42-15-26(32)38-39-42/h7-8,12,15-19,21,23-24,30,34-35,37H,4-6,9-11,13-14H2,1-3H3/t18?,19-,21?,23?,24+,30?/m1/s1. The Hall–Kier alpha value is -2.41. The Bertz CT molecular complexity index is 1500. The van der Waals surface area contributed by atoms with Crippen molar-refractivity contribution in [2.75, 3.05) is 26.7 Å². The minimum absolute atomic E-state index is 0.0722. The van der Waals surface area contributed by atoms with Crippen LogP contribution in [0.1, 0.15) is 52.0 Å². The van der Waals surface area contributed by atoms with Gasteiger partial charge in [-0.2, -0.15) is 0 Å². The summed E-state index contributed by atoms with van der Waals surface area (Å²) in [4.78, 5) is 18.5. The van der Waals surface area contributed by atoms with Crippen molar-refractivity contribution in [3.8, 4) is 16.9 Å². The monoisotopic (exact) mass is 631 g/mol. The molecule has 5 heterocycles. The number of hydrogen-bond donors (Lipinski definition) is 3. The van der Waals surface area contributed by atoms with E-state index in [0.29, 0.717) is 35.5 Å². The molecule has 13 heteroatoms. The Morgan fingerprint density at radius 2 is 1.93 bits per heavy atom. The van der Waals surface area contributed by atoms with E-state index in [2.05, 4.69) is 57.3 Å². The van der Waals surface area contributed by atoms with Gasteiger partial charge in [-0.15, -0.1) is 5.10 Å². The van der Waals surface area contributed by atoms with E-state index in [4.69, 9.17) is 23.2 Å². The van der Waals surface area contributed by atoms with Crippen molar-refractivity contribution in [2.45, 2.75) is 70.1 Å². The molecular formula is C30H40Cl2FN9O. The van der Waals surface area contributed by atoms with Gasteiger partial charge in [0, 0.05) is 37.8 Å². The first kappa shape index (κ1) is 30.6. The molecule has 3 aliphatic rings. The number of fused-ring (bicyclic) bond motifs is 4. The molecule has 10 nitrogen and oxygen atoms in total. The lowest BCUT2D eigenvalue weighted by Crippen LogP contribution is -2.54. The maximum absolute atomic E-state index is 15.5. The number of piperidine rings is 1. The average molecular weight is 633 g/mol. The lowest BCUT2D eigenvalue weighted by molar-refractivity contribution is 0.106. The van der Waals surface area contributed by atoms with E-state index in [0.717, 1.165) is 51.7 Å². The Balaban J connectivity index is 1.36. The minimum Gasteiger partial charge on any atom is -0.312 e. The summed E-state index contributed by atoms with van der Waals surface area (Å²) in [6.45, 7) is 7.42. The topological polar surface area (TPSA) is 105 Å². The second kappa shape index (κ2) is 12.9. The summed E-state index contributed by atoms with van der Waals surface area (Å²) < 4.78 is 18.6. The molecule has 2 bridgehead atoms. The van der Waals surface area contributed by atoms with Crippen LogP contribution in [0.2, 0.25) is 10.2 Å². The predicted molar refractivity (Wildman–Crippen MR) is 166 cm³/mol. The van der Waals surface area contributed by atoms with Gasteiger partial charge < -0.3 is 10.6 Å². The molecule has 0 saturated carbocycles. The van der Waals surface area contributed by atoms with Crippen LogP contribution in [-0.2, 0) is 0 Å². The second-order valence-corrected chi connectivity index (χ2v) is 13.4. The Kier molecular flexibility index (Phi) is 9.19. The van der Waals surface area contributed by atoms with E-state index in [9.17, 15) is 4.79 Å². The SMILES string of the molecule is CC(C)[C@@H]1CCC[C@H](n2cnc(-c3c(-n4cc(Cl)nn4)ccc(Cl)c3F)cc2=O)C2CC(CCN2)C2C(CNN2C)NC1. The predicted octanol–water partition coefficient (Wildman–Crippen LogP) is 4.08. The zero-order chi connectivity index (χ0) is 30.2. The van der Waals surface area contributed by atoms with Gasteiger partial charge in [0.25, 0.3) is 5.56 Å². The molecule has 232 valence electrons. The van der Waals surface area contributed by atoms with E-state index in [1.54, 1.807) is 17.0 Å². The first-order chi connectivity index (χ1) is 20.7. The molecule has 0 amide bonds. The summed E-state index contributed by atoms with van der Waals surface area (Å²) in [5.41, 5.74) is 3.92.